The number of carbonyl (C=O) groups is 2. The monoisotopic (exact) mass is 328 g/mol. The van der Waals surface area contributed by atoms with E-state index < -0.39 is 0 Å². The van der Waals surface area contributed by atoms with Crippen molar-refractivity contribution in [1.82, 2.24) is 5.32 Å². The number of hydrogen-bond donors (Lipinski definition) is 1. The lowest BCUT2D eigenvalue weighted by Gasteiger charge is -2.28. The van der Waals surface area contributed by atoms with E-state index in [0.29, 0.717) is 30.0 Å². The Morgan fingerprint density at radius 2 is 1.92 bits per heavy atom. The van der Waals surface area contributed by atoms with Crippen LogP contribution in [0, 0.1) is 5.82 Å². The molecular weight excluding hydrogens is 311 g/mol. The van der Waals surface area contributed by atoms with Gasteiger partial charge in [-0.2, -0.15) is 0 Å². The summed E-state index contributed by atoms with van der Waals surface area (Å²) in [6.07, 6.45) is 0.395. The van der Waals surface area contributed by atoms with Crippen molar-refractivity contribution >= 4 is 17.5 Å². The van der Waals surface area contributed by atoms with Crippen molar-refractivity contribution in [1.29, 1.82) is 0 Å². The average molecular weight is 328 g/mol. The minimum Gasteiger partial charge on any atom is -0.482 e. The van der Waals surface area contributed by atoms with Crippen LogP contribution in [0.2, 0.25) is 0 Å². The first-order valence-electron chi connectivity index (χ1n) is 7.67. The molecule has 0 fully saturated rings. The van der Waals surface area contributed by atoms with Crippen LogP contribution in [-0.2, 0) is 16.0 Å². The van der Waals surface area contributed by atoms with Gasteiger partial charge in [-0.15, -0.1) is 0 Å². The molecule has 2 aromatic rings. The molecule has 6 heteroatoms. The second-order valence-electron chi connectivity index (χ2n) is 5.43. The number of anilines is 1. The van der Waals surface area contributed by atoms with E-state index >= 15 is 0 Å². The van der Waals surface area contributed by atoms with Gasteiger partial charge in [0, 0.05) is 6.54 Å². The van der Waals surface area contributed by atoms with Crippen molar-refractivity contribution in [3.05, 3.63) is 59.9 Å². The molecule has 2 amide bonds. The molecule has 2 aromatic carbocycles. The van der Waals surface area contributed by atoms with Crippen molar-refractivity contribution in [3.8, 4) is 5.75 Å². The average Bonchev–Trinajstić information content (AvgIpc) is 2.59. The Morgan fingerprint density at radius 1 is 1.17 bits per heavy atom. The molecule has 0 aromatic heterocycles. The standard InChI is InChI=1S/C18H17FN2O3/c19-14-6-2-1-5-13(14)9-10-20-17(22)11-21-15-7-3-4-8-16(15)24-12-18(21)23/h1-8H,9-12H2,(H,20,22). The molecule has 24 heavy (non-hydrogen) atoms. The lowest BCUT2D eigenvalue weighted by atomic mass is 10.1. The van der Waals surface area contributed by atoms with Gasteiger partial charge in [-0.05, 0) is 30.2 Å². The van der Waals surface area contributed by atoms with E-state index in [0.717, 1.165) is 0 Å². The molecule has 3 rings (SSSR count). The third kappa shape index (κ3) is 3.53. The van der Waals surface area contributed by atoms with Crippen molar-refractivity contribution in [2.24, 2.45) is 0 Å². The minimum atomic E-state index is -0.295. The van der Waals surface area contributed by atoms with Gasteiger partial charge >= 0.3 is 0 Å². The fourth-order valence-corrected chi connectivity index (χ4v) is 2.56. The van der Waals surface area contributed by atoms with Gasteiger partial charge in [-0.1, -0.05) is 30.3 Å². The fourth-order valence-electron chi connectivity index (χ4n) is 2.56. The minimum absolute atomic E-state index is 0.0838. The van der Waals surface area contributed by atoms with Crippen molar-refractivity contribution in [2.75, 3.05) is 24.6 Å². The largest absolute Gasteiger partial charge is 0.482 e. The summed E-state index contributed by atoms with van der Waals surface area (Å²) in [4.78, 5) is 25.5. The zero-order valence-corrected chi connectivity index (χ0v) is 13.0. The molecule has 124 valence electrons. The third-order valence-electron chi connectivity index (χ3n) is 3.78. The molecule has 1 heterocycles. The molecule has 1 aliphatic heterocycles. The van der Waals surface area contributed by atoms with Crippen LogP contribution in [0.3, 0.4) is 0 Å². The highest BCUT2D eigenvalue weighted by molar-refractivity contribution is 6.02. The second kappa shape index (κ2) is 7.12. The molecule has 0 saturated carbocycles. The molecule has 0 saturated heterocycles. The number of para-hydroxylation sites is 2. The third-order valence-corrected chi connectivity index (χ3v) is 3.78. The first kappa shape index (κ1) is 16.0. The number of halogens is 1. The van der Waals surface area contributed by atoms with Crippen LogP contribution in [0.1, 0.15) is 5.56 Å². The van der Waals surface area contributed by atoms with E-state index in [1.165, 1.54) is 11.0 Å². The summed E-state index contributed by atoms with van der Waals surface area (Å²) in [7, 11) is 0. The van der Waals surface area contributed by atoms with Crippen LogP contribution in [-0.4, -0.2) is 31.5 Å². The molecular formula is C18H17FN2O3. The van der Waals surface area contributed by atoms with Crippen LogP contribution in [0.25, 0.3) is 0 Å². The normalized spacial score (nSPS) is 13.2. The first-order valence-corrected chi connectivity index (χ1v) is 7.67. The molecule has 0 unspecified atom stereocenters. The molecule has 0 aliphatic carbocycles. The molecule has 0 bridgehead atoms. The molecule has 1 aliphatic rings. The van der Waals surface area contributed by atoms with E-state index in [1.54, 1.807) is 42.5 Å². The summed E-state index contributed by atoms with van der Waals surface area (Å²) in [5.41, 5.74) is 1.13. The van der Waals surface area contributed by atoms with Crippen LogP contribution < -0.4 is 15.0 Å². The molecule has 0 radical (unpaired) electrons. The molecule has 5 nitrogen and oxygen atoms in total. The van der Waals surface area contributed by atoms with Crippen LogP contribution in [0.5, 0.6) is 5.75 Å². The number of hydrogen-bond acceptors (Lipinski definition) is 3. The van der Waals surface area contributed by atoms with Crippen molar-refractivity contribution in [3.63, 3.8) is 0 Å². The van der Waals surface area contributed by atoms with Crippen LogP contribution in [0.15, 0.2) is 48.5 Å². The highest BCUT2D eigenvalue weighted by Gasteiger charge is 2.26. The smallest absolute Gasteiger partial charge is 0.265 e. The maximum Gasteiger partial charge on any atom is 0.265 e. The van der Waals surface area contributed by atoms with Gasteiger partial charge in [0.25, 0.3) is 5.91 Å². The van der Waals surface area contributed by atoms with Gasteiger partial charge in [-0.25, -0.2) is 4.39 Å². The SMILES string of the molecule is O=C(CN1C(=O)COc2ccccc21)NCCc1ccccc1F. The first-order chi connectivity index (χ1) is 11.6. The van der Waals surface area contributed by atoms with Crippen LogP contribution >= 0.6 is 0 Å². The number of benzene rings is 2. The summed E-state index contributed by atoms with van der Waals surface area (Å²) >= 11 is 0. The van der Waals surface area contributed by atoms with Crippen molar-refractivity contribution in [2.45, 2.75) is 6.42 Å². The Kier molecular flexibility index (Phi) is 4.74. The predicted octanol–water partition coefficient (Wildman–Crippen LogP) is 1.91. The van der Waals surface area contributed by atoms with Crippen LogP contribution in [0.4, 0.5) is 10.1 Å². The summed E-state index contributed by atoms with van der Waals surface area (Å²) in [6, 6.07) is 13.5. The zero-order valence-electron chi connectivity index (χ0n) is 13.0. The number of amides is 2. The number of nitrogens with one attached hydrogen (secondary N) is 1. The summed E-state index contributed by atoms with van der Waals surface area (Å²) < 4.78 is 18.9. The Labute approximate surface area is 139 Å². The number of nitrogens with zero attached hydrogens (tertiary/aromatic N) is 1. The van der Waals surface area contributed by atoms with Gasteiger partial charge in [0.2, 0.25) is 5.91 Å². The van der Waals surface area contributed by atoms with Gasteiger partial charge < -0.3 is 10.1 Å². The lowest BCUT2D eigenvalue weighted by Crippen LogP contribution is -2.45. The van der Waals surface area contributed by atoms with E-state index in [2.05, 4.69) is 5.32 Å². The Hall–Kier alpha value is -2.89. The second-order valence-corrected chi connectivity index (χ2v) is 5.43. The highest BCUT2D eigenvalue weighted by atomic mass is 19.1. The molecule has 1 N–H and O–H groups in total. The Bertz CT molecular complexity index is 763. The Morgan fingerprint density at radius 3 is 2.75 bits per heavy atom. The highest BCUT2D eigenvalue weighted by Crippen LogP contribution is 2.31. The van der Waals surface area contributed by atoms with Gasteiger partial charge in [0.15, 0.2) is 6.61 Å². The predicted molar refractivity (Wildman–Crippen MR) is 87.4 cm³/mol. The van der Waals surface area contributed by atoms with Gasteiger partial charge in [0.1, 0.15) is 18.1 Å². The quantitative estimate of drug-likeness (QED) is 0.912. The summed E-state index contributed by atoms with van der Waals surface area (Å²) in [5, 5.41) is 2.72. The van der Waals surface area contributed by atoms with Crippen molar-refractivity contribution < 1.29 is 18.7 Å². The number of carbonyl (C=O) groups excluding carboxylic acids is 2. The van der Waals surface area contributed by atoms with E-state index in [4.69, 9.17) is 4.74 Å². The Balaban J connectivity index is 1.57. The number of fused-ring (bicyclic) bond motifs is 1. The summed E-state index contributed by atoms with van der Waals surface area (Å²) in [6.45, 7) is 0.135. The summed E-state index contributed by atoms with van der Waals surface area (Å²) in [5.74, 6) is -0.269. The van der Waals surface area contributed by atoms with Gasteiger partial charge in [-0.3, -0.25) is 14.5 Å². The van der Waals surface area contributed by atoms with E-state index in [9.17, 15) is 14.0 Å². The molecule has 0 atom stereocenters. The van der Waals surface area contributed by atoms with E-state index in [-0.39, 0.29) is 30.8 Å². The number of ether oxygens (including phenoxy) is 1. The molecule has 0 spiro atoms. The van der Waals surface area contributed by atoms with Gasteiger partial charge in [0.05, 0.1) is 5.69 Å². The maximum absolute atomic E-state index is 13.5. The number of rotatable bonds is 5. The van der Waals surface area contributed by atoms with E-state index in [1.807, 2.05) is 0 Å². The lowest BCUT2D eigenvalue weighted by molar-refractivity contribution is -0.125. The fraction of sp³-hybridized carbons (Fsp3) is 0.222. The topological polar surface area (TPSA) is 58.6 Å². The zero-order chi connectivity index (χ0) is 16.9. The maximum atomic E-state index is 13.5.